The molecule has 0 saturated carbocycles. The van der Waals surface area contributed by atoms with E-state index in [1.165, 1.54) is 7.11 Å². The minimum Gasteiger partial charge on any atom is -0.484 e. The summed E-state index contributed by atoms with van der Waals surface area (Å²) in [5.74, 6) is 0.190. The van der Waals surface area contributed by atoms with Crippen molar-refractivity contribution in [1.29, 1.82) is 0 Å². The summed E-state index contributed by atoms with van der Waals surface area (Å²) < 4.78 is 9.94. The summed E-state index contributed by atoms with van der Waals surface area (Å²) in [4.78, 5) is 22.5. The van der Waals surface area contributed by atoms with E-state index in [9.17, 15) is 9.59 Å². The van der Waals surface area contributed by atoms with E-state index in [1.807, 2.05) is 0 Å². The number of hydrogen-bond donors (Lipinski definition) is 1. The Morgan fingerprint density at radius 3 is 2.50 bits per heavy atom. The molecule has 0 heterocycles. The van der Waals surface area contributed by atoms with Crippen LogP contribution in [0.2, 0.25) is 0 Å². The highest BCUT2D eigenvalue weighted by atomic mass is 16.5. The smallest absolute Gasteiger partial charge is 0.309 e. The number of carbonyl (C=O) groups is 2. The predicted molar refractivity (Wildman–Crippen MR) is 75.6 cm³/mol. The number of methoxy groups -OCH3 is 1. The fourth-order valence-corrected chi connectivity index (χ4v) is 1.55. The van der Waals surface area contributed by atoms with Crippen LogP contribution in [0.1, 0.15) is 25.3 Å². The first kappa shape index (κ1) is 16.0. The Bertz CT molecular complexity index is 428. The van der Waals surface area contributed by atoms with Crippen LogP contribution < -0.4 is 10.1 Å². The Balaban J connectivity index is 2.34. The van der Waals surface area contributed by atoms with E-state index in [0.717, 1.165) is 18.4 Å². The van der Waals surface area contributed by atoms with Crippen molar-refractivity contribution in [2.45, 2.75) is 26.2 Å². The lowest BCUT2D eigenvalue weighted by molar-refractivity contribution is -0.139. The van der Waals surface area contributed by atoms with E-state index >= 15 is 0 Å². The molecule has 0 spiro atoms. The Labute approximate surface area is 119 Å². The lowest BCUT2D eigenvalue weighted by Crippen LogP contribution is -2.29. The van der Waals surface area contributed by atoms with Crippen molar-refractivity contribution in [3.8, 4) is 5.75 Å². The van der Waals surface area contributed by atoms with Gasteiger partial charge < -0.3 is 14.8 Å². The van der Waals surface area contributed by atoms with E-state index in [2.05, 4.69) is 17.0 Å². The average Bonchev–Trinajstić information content (AvgIpc) is 2.46. The molecular weight excluding hydrogens is 258 g/mol. The van der Waals surface area contributed by atoms with Crippen molar-refractivity contribution in [2.24, 2.45) is 0 Å². The summed E-state index contributed by atoms with van der Waals surface area (Å²) in [5.41, 5.74) is 0.844. The van der Waals surface area contributed by atoms with Crippen molar-refractivity contribution < 1.29 is 19.1 Å². The zero-order chi connectivity index (χ0) is 14.8. The van der Waals surface area contributed by atoms with Gasteiger partial charge in [0.25, 0.3) is 5.91 Å². The highest BCUT2D eigenvalue weighted by Crippen LogP contribution is 2.12. The van der Waals surface area contributed by atoms with Crippen molar-refractivity contribution in [2.75, 3.05) is 20.3 Å². The van der Waals surface area contributed by atoms with Gasteiger partial charge in [-0.15, -0.1) is 0 Å². The number of rotatable bonds is 8. The Hall–Kier alpha value is -2.04. The monoisotopic (exact) mass is 279 g/mol. The van der Waals surface area contributed by atoms with E-state index in [0.29, 0.717) is 12.3 Å². The van der Waals surface area contributed by atoms with Crippen LogP contribution in [-0.4, -0.2) is 32.1 Å². The summed E-state index contributed by atoms with van der Waals surface area (Å²) >= 11 is 0. The Morgan fingerprint density at radius 2 is 1.90 bits per heavy atom. The zero-order valence-electron chi connectivity index (χ0n) is 12.0. The number of amides is 1. The highest BCUT2D eigenvalue weighted by molar-refractivity contribution is 5.77. The van der Waals surface area contributed by atoms with Crippen LogP contribution in [0.5, 0.6) is 5.75 Å². The molecule has 1 amide bonds. The van der Waals surface area contributed by atoms with Crippen LogP contribution in [0.4, 0.5) is 0 Å². The molecule has 0 radical (unpaired) electrons. The van der Waals surface area contributed by atoms with Gasteiger partial charge in [-0.1, -0.05) is 25.5 Å². The first-order valence-corrected chi connectivity index (χ1v) is 6.71. The van der Waals surface area contributed by atoms with Gasteiger partial charge in [-0.3, -0.25) is 9.59 Å². The third-order valence-electron chi connectivity index (χ3n) is 2.72. The molecule has 0 saturated heterocycles. The van der Waals surface area contributed by atoms with Crippen molar-refractivity contribution in [3.63, 3.8) is 0 Å². The summed E-state index contributed by atoms with van der Waals surface area (Å²) in [6.45, 7) is 2.75. The fraction of sp³-hybridized carbons (Fsp3) is 0.467. The second kappa shape index (κ2) is 8.96. The first-order valence-electron chi connectivity index (χ1n) is 6.71. The largest absolute Gasteiger partial charge is 0.484 e. The van der Waals surface area contributed by atoms with Crippen LogP contribution in [0.15, 0.2) is 24.3 Å². The maximum Gasteiger partial charge on any atom is 0.309 e. The molecule has 1 aromatic rings. The third kappa shape index (κ3) is 6.22. The van der Waals surface area contributed by atoms with Gasteiger partial charge in [0.1, 0.15) is 5.75 Å². The molecule has 20 heavy (non-hydrogen) atoms. The van der Waals surface area contributed by atoms with Crippen LogP contribution >= 0.6 is 0 Å². The summed E-state index contributed by atoms with van der Waals surface area (Å²) in [7, 11) is 1.36. The van der Waals surface area contributed by atoms with Gasteiger partial charge in [0.05, 0.1) is 13.5 Å². The number of unbranched alkanes of at least 4 members (excludes halogenated alkanes) is 1. The van der Waals surface area contributed by atoms with Gasteiger partial charge in [0.2, 0.25) is 0 Å². The molecule has 0 aliphatic rings. The molecule has 0 aromatic heterocycles. The van der Waals surface area contributed by atoms with E-state index in [1.54, 1.807) is 24.3 Å². The SMILES string of the molecule is CCCCNC(=O)COc1ccc(CC(=O)OC)cc1. The number of carbonyl (C=O) groups excluding carboxylic acids is 2. The number of nitrogens with one attached hydrogen (secondary N) is 1. The number of esters is 1. The van der Waals surface area contributed by atoms with Crippen LogP contribution in [0.25, 0.3) is 0 Å². The molecule has 0 bridgehead atoms. The van der Waals surface area contributed by atoms with Crippen LogP contribution in [-0.2, 0) is 20.7 Å². The molecule has 5 heteroatoms. The van der Waals surface area contributed by atoms with E-state index < -0.39 is 0 Å². The predicted octanol–water partition coefficient (Wildman–Crippen LogP) is 1.70. The minimum atomic E-state index is -0.283. The Morgan fingerprint density at radius 1 is 1.20 bits per heavy atom. The van der Waals surface area contributed by atoms with E-state index in [4.69, 9.17) is 4.74 Å². The molecule has 0 atom stereocenters. The van der Waals surface area contributed by atoms with Gasteiger partial charge in [0.15, 0.2) is 6.61 Å². The normalized spacial score (nSPS) is 9.90. The summed E-state index contributed by atoms with van der Waals surface area (Å²) in [6.07, 6.45) is 2.24. The van der Waals surface area contributed by atoms with Gasteiger partial charge >= 0.3 is 5.97 Å². The molecule has 0 fully saturated rings. The molecule has 1 aromatic carbocycles. The Kier molecular flexibility index (Phi) is 7.17. The molecule has 0 aliphatic heterocycles. The molecule has 0 aliphatic carbocycles. The maximum atomic E-state index is 11.4. The lowest BCUT2D eigenvalue weighted by atomic mass is 10.1. The lowest BCUT2D eigenvalue weighted by Gasteiger charge is -2.07. The van der Waals surface area contributed by atoms with Crippen molar-refractivity contribution >= 4 is 11.9 Å². The van der Waals surface area contributed by atoms with Gasteiger partial charge in [0, 0.05) is 6.54 Å². The quantitative estimate of drug-likeness (QED) is 0.581. The summed E-state index contributed by atoms with van der Waals surface area (Å²) in [5, 5.41) is 2.77. The standard InChI is InChI=1S/C15H21NO4/c1-3-4-9-16-14(17)11-20-13-7-5-12(6-8-13)10-15(18)19-2/h5-8H,3-4,9-11H2,1-2H3,(H,16,17). The van der Waals surface area contributed by atoms with Crippen LogP contribution in [0.3, 0.4) is 0 Å². The third-order valence-corrected chi connectivity index (χ3v) is 2.72. The first-order chi connectivity index (χ1) is 9.65. The number of benzene rings is 1. The molecule has 1 rings (SSSR count). The summed E-state index contributed by atoms with van der Waals surface area (Å²) in [6, 6.07) is 7.03. The topological polar surface area (TPSA) is 64.6 Å². The second-order valence-electron chi connectivity index (χ2n) is 4.39. The fourth-order valence-electron chi connectivity index (χ4n) is 1.55. The number of hydrogen-bond acceptors (Lipinski definition) is 4. The van der Waals surface area contributed by atoms with Crippen molar-refractivity contribution in [1.82, 2.24) is 5.32 Å². The minimum absolute atomic E-state index is 0.0000621. The average molecular weight is 279 g/mol. The second-order valence-corrected chi connectivity index (χ2v) is 4.39. The van der Waals surface area contributed by atoms with Crippen molar-refractivity contribution in [3.05, 3.63) is 29.8 Å². The van der Waals surface area contributed by atoms with Gasteiger partial charge in [-0.05, 0) is 24.1 Å². The maximum absolute atomic E-state index is 11.4. The molecular formula is C15H21NO4. The number of ether oxygens (including phenoxy) is 2. The van der Waals surface area contributed by atoms with Gasteiger partial charge in [-0.25, -0.2) is 0 Å². The highest BCUT2D eigenvalue weighted by Gasteiger charge is 2.04. The zero-order valence-corrected chi connectivity index (χ0v) is 12.0. The van der Waals surface area contributed by atoms with E-state index in [-0.39, 0.29) is 24.9 Å². The molecule has 0 unspecified atom stereocenters. The molecule has 1 N–H and O–H groups in total. The molecule has 5 nitrogen and oxygen atoms in total. The molecule has 110 valence electrons. The van der Waals surface area contributed by atoms with Crippen LogP contribution in [0, 0.1) is 0 Å². The van der Waals surface area contributed by atoms with Gasteiger partial charge in [-0.2, -0.15) is 0 Å².